The lowest BCUT2D eigenvalue weighted by Crippen LogP contribution is -2.17. The van der Waals surface area contributed by atoms with Crippen LogP contribution in [0.1, 0.15) is 15.9 Å². The van der Waals surface area contributed by atoms with Crippen LogP contribution in [-0.2, 0) is 0 Å². The van der Waals surface area contributed by atoms with Crippen molar-refractivity contribution < 1.29 is 19.7 Å². The summed E-state index contributed by atoms with van der Waals surface area (Å²) < 4.78 is 5.74. The van der Waals surface area contributed by atoms with E-state index in [9.17, 15) is 15.0 Å². The highest BCUT2D eigenvalue weighted by Gasteiger charge is 2.12. The Hall–Kier alpha value is -3.06. The minimum Gasteiger partial charge on any atom is -0.507 e. The summed E-state index contributed by atoms with van der Waals surface area (Å²) in [6, 6.07) is 13.7. The molecule has 0 heterocycles. The number of methoxy groups -OCH3 is 1. The number of aromatic hydroxyl groups is 2. The van der Waals surface area contributed by atoms with Crippen LogP contribution >= 0.6 is 15.9 Å². The number of carbonyl (C=O) groups excluding carboxylic acids is 1. The first-order valence-corrected chi connectivity index (χ1v) is 8.40. The van der Waals surface area contributed by atoms with Crippen LogP contribution in [0.15, 0.2) is 58.1 Å². The lowest BCUT2D eigenvalue weighted by molar-refractivity contribution is 0.0952. The van der Waals surface area contributed by atoms with Crippen LogP contribution < -0.4 is 10.2 Å². The Bertz CT molecular complexity index is 1020. The Kier molecular flexibility index (Phi) is 5.09. The zero-order valence-electron chi connectivity index (χ0n) is 13.7. The fraction of sp³-hybridized carbons (Fsp3) is 0.0526. The number of hydrogen-bond donors (Lipinski definition) is 3. The summed E-state index contributed by atoms with van der Waals surface area (Å²) in [5.74, 6) is -0.518. The van der Waals surface area contributed by atoms with Gasteiger partial charge in [-0.25, -0.2) is 5.43 Å². The monoisotopic (exact) mass is 414 g/mol. The molecule has 0 saturated carbocycles. The summed E-state index contributed by atoms with van der Waals surface area (Å²) in [7, 11) is 1.44. The Morgan fingerprint density at radius 3 is 2.54 bits per heavy atom. The van der Waals surface area contributed by atoms with E-state index < -0.39 is 5.91 Å². The molecule has 6 nitrogen and oxygen atoms in total. The first-order valence-electron chi connectivity index (χ1n) is 7.61. The molecule has 1 amide bonds. The van der Waals surface area contributed by atoms with Crippen molar-refractivity contribution in [3.05, 3.63) is 64.1 Å². The zero-order chi connectivity index (χ0) is 18.7. The topological polar surface area (TPSA) is 91.2 Å². The van der Waals surface area contributed by atoms with Gasteiger partial charge >= 0.3 is 0 Å². The first kappa shape index (κ1) is 17.8. The van der Waals surface area contributed by atoms with Gasteiger partial charge in [0.15, 0.2) is 11.5 Å². The first-order chi connectivity index (χ1) is 12.5. The minimum absolute atomic E-state index is 0.0951. The van der Waals surface area contributed by atoms with Gasteiger partial charge in [-0.1, -0.05) is 40.2 Å². The summed E-state index contributed by atoms with van der Waals surface area (Å²) in [6.07, 6.45) is 1.29. The lowest BCUT2D eigenvalue weighted by Gasteiger charge is -2.07. The molecule has 3 rings (SSSR count). The molecule has 26 heavy (non-hydrogen) atoms. The van der Waals surface area contributed by atoms with Gasteiger partial charge in [0.2, 0.25) is 0 Å². The van der Waals surface area contributed by atoms with E-state index in [-0.39, 0.29) is 22.8 Å². The number of carbonyl (C=O) groups is 1. The Balaban J connectivity index is 1.82. The summed E-state index contributed by atoms with van der Waals surface area (Å²) >= 11 is 3.30. The third kappa shape index (κ3) is 3.62. The molecule has 0 bridgehead atoms. The van der Waals surface area contributed by atoms with E-state index >= 15 is 0 Å². The largest absolute Gasteiger partial charge is 0.507 e. The van der Waals surface area contributed by atoms with E-state index in [1.54, 1.807) is 18.2 Å². The molecule has 0 saturated heterocycles. The number of benzene rings is 3. The van der Waals surface area contributed by atoms with Crippen molar-refractivity contribution >= 4 is 38.8 Å². The Morgan fingerprint density at radius 1 is 1.15 bits per heavy atom. The maximum atomic E-state index is 12.3. The number of nitrogens with one attached hydrogen (secondary N) is 1. The summed E-state index contributed by atoms with van der Waals surface area (Å²) in [6.45, 7) is 0. The van der Waals surface area contributed by atoms with Gasteiger partial charge in [-0.05, 0) is 35.0 Å². The van der Waals surface area contributed by atoms with Crippen LogP contribution in [0.25, 0.3) is 10.8 Å². The summed E-state index contributed by atoms with van der Waals surface area (Å²) in [5.41, 5.74) is 2.81. The smallest absolute Gasteiger partial charge is 0.275 e. The van der Waals surface area contributed by atoms with Crippen molar-refractivity contribution in [2.45, 2.75) is 0 Å². The van der Waals surface area contributed by atoms with Gasteiger partial charge in [-0.3, -0.25) is 4.79 Å². The number of phenolic OH excluding ortho intramolecular Hbond substituents is 2. The molecule has 3 N–H and O–H groups in total. The second-order valence-corrected chi connectivity index (χ2v) is 6.38. The summed E-state index contributed by atoms with van der Waals surface area (Å²) in [5, 5.41) is 25.6. The predicted molar refractivity (Wildman–Crippen MR) is 103 cm³/mol. The predicted octanol–water partition coefficient (Wildman–Crippen LogP) is 3.79. The Labute approximate surface area is 157 Å². The fourth-order valence-corrected chi connectivity index (χ4v) is 2.93. The van der Waals surface area contributed by atoms with Gasteiger partial charge in [0.05, 0.1) is 18.9 Å². The van der Waals surface area contributed by atoms with Crippen molar-refractivity contribution in [2.24, 2.45) is 5.10 Å². The fourth-order valence-electron chi connectivity index (χ4n) is 2.48. The average molecular weight is 415 g/mol. The number of ether oxygens (including phenoxy) is 1. The van der Waals surface area contributed by atoms with Crippen molar-refractivity contribution in [1.29, 1.82) is 0 Å². The van der Waals surface area contributed by atoms with E-state index in [0.29, 0.717) is 10.0 Å². The van der Waals surface area contributed by atoms with Crippen molar-refractivity contribution in [3.8, 4) is 17.2 Å². The molecule has 0 fully saturated rings. The average Bonchev–Trinajstić information content (AvgIpc) is 2.63. The van der Waals surface area contributed by atoms with Crippen LogP contribution in [0.2, 0.25) is 0 Å². The van der Waals surface area contributed by atoms with E-state index in [1.165, 1.54) is 19.4 Å². The van der Waals surface area contributed by atoms with E-state index in [1.807, 2.05) is 24.3 Å². The molecule has 3 aromatic carbocycles. The highest BCUT2D eigenvalue weighted by molar-refractivity contribution is 9.10. The molecule has 0 aliphatic carbocycles. The Morgan fingerprint density at radius 2 is 1.85 bits per heavy atom. The SMILES string of the molecule is COc1cc(Br)cc(C=NNC(=O)c2cc3ccccc3cc2O)c1O. The third-order valence-corrected chi connectivity index (χ3v) is 4.23. The minimum atomic E-state index is -0.564. The highest BCUT2D eigenvalue weighted by atomic mass is 79.9. The number of nitrogens with zero attached hydrogens (tertiary/aromatic N) is 1. The zero-order valence-corrected chi connectivity index (χ0v) is 15.3. The quantitative estimate of drug-likeness (QED) is 0.447. The van der Waals surface area contributed by atoms with Crippen LogP contribution in [-0.4, -0.2) is 29.4 Å². The van der Waals surface area contributed by atoms with Crippen molar-refractivity contribution in [3.63, 3.8) is 0 Å². The normalized spacial score (nSPS) is 11.0. The maximum absolute atomic E-state index is 12.3. The molecule has 0 atom stereocenters. The third-order valence-electron chi connectivity index (χ3n) is 3.77. The number of phenols is 2. The molecular weight excluding hydrogens is 400 g/mol. The number of amides is 1. The van der Waals surface area contributed by atoms with Gasteiger partial charge in [-0.15, -0.1) is 0 Å². The van der Waals surface area contributed by atoms with E-state index in [4.69, 9.17) is 4.74 Å². The number of rotatable bonds is 4. The second kappa shape index (κ2) is 7.45. The van der Waals surface area contributed by atoms with Gasteiger partial charge in [-0.2, -0.15) is 5.10 Å². The van der Waals surface area contributed by atoms with Crippen LogP contribution in [0.3, 0.4) is 0 Å². The number of hydrogen-bond acceptors (Lipinski definition) is 5. The molecule has 0 aromatic heterocycles. The molecule has 0 spiro atoms. The molecular formula is C19H15BrN2O4. The van der Waals surface area contributed by atoms with Gasteiger partial charge < -0.3 is 14.9 Å². The van der Waals surface area contributed by atoms with Crippen LogP contribution in [0.4, 0.5) is 0 Å². The molecule has 0 radical (unpaired) electrons. The maximum Gasteiger partial charge on any atom is 0.275 e. The standard InChI is InChI=1S/C19H15BrN2O4/c1-26-17-9-14(20)6-13(18(17)24)10-21-22-19(25)15-7-11-4-2-3-5-12(11)8-16(15)23/h2-10,23-24H,1H3,(H,22,25). The number of hydrazone groups is 1. The second-order valence-electron chi connectivity index (χ2n) is 5.46. The highest BCUT2D eigenvalue weighted by Crippen LogP contribution is 2.32. The van der Waals surface area contributed by atoms with Gasteiger partial charge in [0.1, 0.15) is 5.75 Å². The van der Waals surface area contributed by atoms with Crippen molar-refractivity contribution in [2.75, 3.05) is 7.11 Å². The van der Waals surface area contributed by atoms with Crippen LogP contribution in [0, 0.1) is 0 Å². The molecule has 0 aliphatic heterocycles. The van der Waals surface area contributed by atoms with Gasteiger partial charge in [0, 0.05) is 10.0 Å². The molecule has 3 aromatic rings. The number of fused-ring (bicyclic) bond motifs is 1. The van der Waals surface area contributed by atoms with Gasteiger partial charge in [0.25, 0.3) is 5.91 Å². The molecule has 0 aliphatic rings. The van der Waals surface area contributed by atoms with Crippen LogP contribution in [0.5, 0.6) is 17.2 Å². The lowest BCUT2D eigenvalue weighted by atomic mass is 10.1. The molecule has 132 valence electrons. The van der Waals surface area contributed by atoms with E-state index in [2.05, 4.69) is 26.5 Å². The number of halogens is 1. The summed E-state index contributed by atoms with van der Waals surface area (Å²) in [4.78, 5) is 12.3. The van der Waals surface area contributed by atoms with E-state index in [0.717, 1.165) is 10.8 Å². The van der Waals surface area contributed by atoms with Crippen molar-refractivity contribution in [1.82, 2.24) is 5.43 Å². The molecule has 7 heteroatoms. The molecule has 0 unspecified atom stereocenters.